The second-order valence-electron chi connectivity index (χ2n) is 5.37. The topological polar surface area (TPSA) is 27.8 Å². The first-order valence-electron chi connectivity index (χ1n) is 7.02. The summed E-state index contributed by atoms with van der Waals surface area (Å²) in [6.45, 7) is 0.854. The lowest BCUT2D eigenvalue weighted by atomic mass is 9.94. The van der Waals surface area contributed by atoms with Crippen LogP contribution < -0.4 is 5.32 Å². The molecule has 1 aliphatic rings. The van der Waals surface area contributed by atoms with Gasteiger partial charge in [0.05, 0.1) is 6.04 Å². The Labute approximate surface area is 139 Å². The Kier molecular flexibility index (Phi) is 4.13. The fourth-order valence-electron chi connectivity index (χ4n) is 3.17. The molecule has 22 heavy (non-hydrogen) atoms. The van der Waals surface area contributed by atoms with E-state index in [4.69, 9.17) is 11.6 Å². The first kappa shape index (κ1) is 15.3. The second kappa shape index (κ2) is 5.92. The molecule has 0 amide bonds. The van der Waals surface area contributed by atoms with Gasteiger partial charge < -0.3 is 10.3 Å². The van der Waals surface area contributed by atoms with E-state index in [1.807, 2.05) is 24.3 Å². The zero-order valence-electron chi connectivity index (χ0n) is 11.7. The third-order valence-corrected chi connectivity index (χ3v) is 4.47. The highest BCUT2D eigenvalue weighted by molar-refractivity contribution is 6.31. The lowest BCUT2D eigenvalue weighted by Gasteiger charge is -2.25. The predicted octanol–water partition coefficient (Wildman–Crippen LogP) is 4.62. The van der Waals surface area contributed by atoms with E-state index in [1.165, 1.54) is 11.6 Å². The number of nitrogens with one attached hydrogen (secondary N) is 2. The molecule has 114 valence electrons. The maximum Gasteiger partial charge on any atom is 0.123 e. The third kappa shape index (κ3) is 2.39. The Balaban J connectivity index is 0.00000144. The lowest BCUT2D eigenvalue weighted by molar-refractivity contribution is 0.560. The smallest absolute Gasteiger partial charge is 0.123 e. The highest BCUT2D eigenvalue weighted by Gasteiger charge is 2.26. The van der Waals surface area contributed by atoms with E-state index >= 15 is 0 Å². The van der Waals surface area contributed by atoms with Crippen LogP contribution in [-0.4, -0.2) is 11.5 Å². The van der Waals surface area contributed by atoms with E-state index in [-0.39, 0.29) is 24.3 Å². The van der Waals surface area contributed by atoms with Gasteiger partial charge in [-0.2, -0.15) is 0 Å². The van der Waals surface area contributed by atoms with Crippen LogP contribution in [0.25, 0.3) is 10.9 Å². The van der Waals surface area contributed by atoms with Gasteiger partial charge in [-0.25, -0.2) is 4.39 Å². The minimum atomic E-state index is -0.197. The molecule has 1 unspecified atom stereocenters. The van der Waals surface area contributed by atoms with Crippen molar-refractivity contribution < 1.29 is 4.39 Å². The van der Waals surface area contributed by atoms with E-state index in [1.54, 1.807) is 12.1 Å². The normalized spacial score (nSPS) is 17.1. The van der Waals surface area contributed by atoms with Gasteiger partial charge in [0.25, 0.3) is 0 Å². The van der Waals surface area contributed by atoms with E-state index in [0.717, 1.165) is 40.1 Å². The number of rotatable bonds is 1. The summed E-state index contributed by atoms with van der Waals surface area (Å²) in [5, 5.41) is 5.22. The highest BCUT2D eigenvalue weighted by Crippen LogP contribution is 2.35. The molecular weight excluding hydrogens is 322 g/mol. The van der Waals surface area contributed by atoms with Crippen LogP contribution in [-0.2, 0) is 6.42 Å². The van der Waals surface area contributed by atoms with E-state index < -0.39 is 0 Å². The molecule has 0 aliphatic carbocycles. The molecular formula is C17H15Cl2FN2. The van der Waals surface area contributed by atoms with Crippen LogP contribution in [0.5, 0.6) is 0 Å². The Morgan fingerprint density at radius 1 is 1.14 bits per heavy atom. The van der Waals surface area contributed by atoms with Crippen molar-refractivity contribution in [2.75, 3.05) is 6.54 Å². The van der Waals surface area contributed by atoms with Gasteiger partial charge in [-0.05, 0) is 41.8 Å². The Morgan fingerprint density at radius 2 is 1.95 bits per heavy atom. The van der Waals surface area contributed by atoms with Crippen molar-refractivity contribution in [3.8, 4) is 0 Å². The molecule has 2 N–H and O–H groups in total. The molecule has 1 atom stereocenters. The first-order valence-corrected chi connectivity index (χ1v) is 7.39. The average molecular weight is 337 g/mol. The van der Waals surface area contributed by atoms with Crippen molar-refractivity contribution in [3.05, 3.63) is 70.1 Å². The molecule has 3 aromatic rings. The zero-order valence-corrected chi connectivity index (χ0v) is 13.3. The summed E-state index contributed by atoms with van der Waals surface area (Å²) in [6, 6.07) is 12.8. The Bertz CT molecular complexity index is 829. The number of aromatic amines is 1. The molecule has 0 fully saturated rings. The second-order valence-corrected chi connectivity index (χ2v) is 5.77. The van der Waals surface area contributed by atoms with Crippen LogP contribution in [0.1, 0.15) is 22.9 Å². The molecule has 2 aromatic carbocycles. The summed E-state index contributed by atoms with van der Waals surface area (Å²) in [7, 11) is 0. The van der Waals surface area contributed by atoms with Gasteiger partial charge >= 0.3 is 0 Å². The van der Waals surface area contributed by atoms with Gasteiger partial charge in [0.2, 0.25) is 0 Å². The third-order valence-electron chi connectivity index (χ3n) is 4.13. The fourth-order valence-corrected chi connectivity index (χ4v) is 3.42. The molecule has 0 radical (unpaired) electrons. The van der Waals surface area contributed by atoms with E-state index in [2.05, 4.69) is 10.3 Å². The van der Waals surface area contributed by atoms with Crippen LogP contribution in [0.15, 0.2) is 42.5 Å². The van der Waals surface area contributed by atoms with Crippen molar-refractivity contribution in [2.45, 2.75) is 12.5 Å². The van der Waals surface area contributed by atoms with Gasteiger partial charge in [0.1, 0.15) is 5.82 Å². The molecule has 2 nitrogen and oxygen atoms in total. The number of halogens is 3. The minimum Gasteiger partial charge on any atom is -0.357 e. The van der Waals surface area contributed by atoms with Gasteiger partial charge in [0, 0.05) is 28.2 Å². The summed E-state index contributed by atoms with van der Waals surface area (Å²) in [4.78, 5) is 3.43. The predicted molar refractivity (Wildman–Crippen MR) is 90.5 cm³/mol. The SMILES string of the molecule is Cl.Fc1ccc2[nH]c3c(c2c1)CCNC3c1ccccc1Cl. The monoisotopic (exact) mass is 336 g/mol. The van der Waals surface area contributed by atoms with Gasteiger partial charge in [-0.1, -0.05) is 29.8 Å². The molecule has 4 rings (SSSR count). The van der Waals surface area contributed by atoms with Gasteiger partial charge in [-0.3, -0.25) is 0 Å². The Hall–Kier alpha value is -1.55. The average Bonchev–Trinajstić information content (AvgIpc) is 2.86. The zero-order chi connectivity index (χ0) is 14.4. The number of hydrogen-bond acceptors (Lipinski definition) is 1. The van der Waals surface area contributed by atoms with Crippen molar-refractivity contribution in [3.63, 3.8) is 0 Å². The van der Waals surface area contributed by atoms with Crippen molar-refractivity contribution in [2.24, 2.45) is 0 Å². The highest BCUT2D eigenvalue weighted by atomic mass is 35.5. The van der Waals surface area contributed by atoms with Crippen LogP contribution >= 0.6 is 24.0 Å². The molecule has 0 bridgehead atoms. The summed E-state index contributed by atoms with van der Waals surface area (Å²) < 4.78 is 13.5. The van der Waals surface area contributed by atoms with Crippen LogP contribution in [0, 0.1) is 5.82 Å². The quantitative estimate of drug-likeness (QED) is 0.666. The Morgan fingerprint density at radius 3 is 2.77 bits per heavy atom. The molecule has 2 heterocycles. The number of benzene rings is 2. The number of aromatic nitrogens is 1. The van der Waals surface area contributed by atoms with Gasteiger partial charge in [-0.15, -0.1) is 12.4 Å². The summed E-state index contributed by atoms with van der Waals surface area (Å²) in [5.74, 6) is -0.197. The van der Waals surface area contributed by atoms with Crippen LogP contribution in [0.2, 0.25) is 5.02 Å². The number of fused-ring (bicyclic) bond motifs is 3. The molecule has 1 aromatic heterocycles. The maximum atomic E-state index is 13.5. The van der Waals surface area contributed by atoms with Crippen LogP contribution in [0.4, 0.5) is 4.39 Å². The minimum absolute atomic E-state index is 0. The standard InChI is InChI=1S/C17H14ClFN2.ClH/c18-14-4-2-1-3-12(14)16-17-11(7-8-20-16)13-9-10(19)5-6-15(13)21-17;/h1-6,9,16,20-21H,7-8H2;1H. The fraction of sp³-hybridized carbons (Fsp3) is 0.176. The van der Waals surface area contributed by atoms with Gasteiger partial charge in [0.15, 0.2) is 0 Å². The lowest BCUT2D eigenvalue weighted by Crippen LogP contribution is -2.30. The molecule has 0 saturated carbocycles. The first-order chi connectivity index (χ1) is 10.2. The summed E-state index contributed by atoms with van der Waals surface area (Å²) in [6.07, 6.45) is 0.889. The number of hydrogen-bond donors (Lipinski definition) is 2. The number of H-pyrrole nitrogens is 1. The maximum absolute atomic E-state index is 13.5. The molecule has 5 heteroatoms. The van der Waals surface area contributed by atoms with Crippen LogP contribution in [0.3, 0.4) is 0 Å². The molecule has 1 aliphatic heterocycles. The molecule has 0 spiro atoms. The van der Waals surface area contributed by atoms with Crippen molar-refractivity contribution in [1.29, 1.82) is 0 Å². The molecule has 0 saturated heterocycles. The largest absolute Gasteiger partial charge is 0.357 e. The van der Waals surface area contributed by atoms with E-state index in [9.17, 15) is 4.39 Å². The van der Waals surface area contributed by atoms with Crippen molar-refractivity contribution in [1.82, 2.24) is 10.3 Å². The summed E-state index contributed by atoms with van der Waals surface area (Å²) >= 11 is 6.33. The van der Waals surface area contributed by atoms with E-state index in [0.29, 0.717) is 0 Å². The summed E-state index contributed by atoms with van der Waals surface area (Å²) in [5.41, 5.74) is 4.30. The van der Waals surface area contributed by atoms with Crippen molar-refractivity contribution >= 4 is 34.9 Å².